The summed E-state index contributed by atoms with van der Waals surface area (Å²) in [6.07, 6.45) is 0. The zero-order valence-electron chi connectivity index (χ0n) is 17.5. The number of ether oxygens (including phenoxy) is 1. The van der Waals surface area contributed by atoms with Gasteiger partial charge in [-0.1, -0.05) is 44.2 Å². The first kappa shape index (κ1) is 20.5. The number of thiazole rings is 1. The van der Waals surface area contributed by atoms with Gasteiger partial charge in [-0.2, -0.15) is 4.99 Å². The summed E-state index contributed by atoms with van der Waals surface area (Å²) in [5, 5.41) is 0. The molecule has 0 spiro atoms. The number of methoxy groups -OCH3 is 1. The minimum Gasteiger partial charge on any atom is -0.383 e. The Kier molecular flexibility index (Phi) is 5.87. The average Bonchev–Trinajstić information content (AvgIpc) is 2.95. The van der Waals surface area contributed by atoms with Crippen LogP contribution in [0.15, 0.2) is 41.4 Å². The first-order valence-electron chi connectivity index (χ1n) is 9.50. The van der Waals surface area contributed by atoms with Crippen LogP contribution in [0.2, 0.25) is 0 Å². The Morgan fingerprint density at radius 1 is 1.11 bits per heavy atom. The molecule has 0 aliphatic heterocycles. The van der Waals surface area contributed by atoms with E-state index in [9.17, 15) is 4.79 Å². The van der Waals surface area contributed by atoms with Crippen LogP contribution in [0.5, 0.6) is 0 Å². The van der Waals surface area contributed by atoms with E-state index in [0.29, 0.717) is 23.5 Å². The number of rotatable bonds is 4. The van der Waals surface area contributed by atoms with E-state index in [-0.39, 0.29) is 11.3 Å². The predicted molar refractivity (Wildman–Crippen MR) is 116 cm³/mol. The molecule has 0 fully saturated rings. The molecule has 0 unspecified atom stereocenters. The number of hydrogen-bond acceptors (Lipinski definition) is 3. The van der Waals surface area contributed by atoms with Gasteiger partial charge in [0, 0.05) is 19.2 Å². The number of nitrogens with zero attached hydrogens (tertiary/aromatic N) is 2. The molecule has 4 nitrogen and oxygen atoms in total. The summed E-state index contributed by atoms with van der Waals surface area (Å²) in [6.45, 7) is 11.9. The second-order valence-corrected chi connectivity index (χ2v) is 9.19. The highest BCUT2D eigenvalue weighted by atomic mass is 32.1. The lowest BCUT2D eigenvalue weighted by Crippen LogP contribution is -2.19. The molecule has 148 valence electrons. The Balaban J connectivity index is 2.05. The molecule has 0 atom stereocenters. The number of benzene rings is 2. The molecule has 1 heterocycles. The van der Waals surface area contributed by atoms with Crippen molar-refractivity contribution in [2.45, 2.75) is 46.6 Å². The fraction of sp³-hybridized carbons (Fsp3) is 0.391. The SMILES string of the molecule is COCCn1c(=NC(=O)c2ccc(C(C)(C)C)cc2)sc2cc(C)c(C)cc21. The van der Waals surface area contributed by atoms with E-state index < -0.39 is 0 Å². The van der Waals surface area contributed by atoms with Gasteiger partial charge in [-0.15, -0.1) is 0 Å². The number of aromatic nitrogens is 1. The van der Waals surface area contributed by atoms with Crippen molar-refractivity contribution in [3.63, 3.8) is 0 Å². The molecule has 5 heteroatoms. The molecule has 0 saturated heterocycles. The van der Waals surface area contributed by atoms with Crippen LogP contribution in [0.1, 0.15) is 47.8 Å². The number of fused-ring (bicyclic) bond motifs is 1. The summed E-state index contributed by atoms with van der Waals surface area (Å²) in [4.78, 5) is 18.0. The fourth-order valence-corrected chi connectivity index (χ4v) is 4.20. The molecule has 0 bridgehead atoms. The first-order valence-corrected chi connectivity index (χ1v) is 10.3. The van der Waals surface area contributed by atoms with Crippen molar-refractivity contribution >= 4 is 27.5 Å². The lowest BCUT2D eigenvalue weighted by atomic mass is 9.87. The van der Waals surface area contributed by atoms with Gasteiger partial charge in [-0.3, -0.25) is 4.79 Å². The highest BCUT2D eigenvalue weighted by molar-refractivity contribution is 7.16. The zero-order valence-corrected chi connectivity index (χ0v) is 18.3. The molecule has 0 radical (unpaired) electrons. The maximum atomic E-state index is 12.8. The number of hydrogen-bond donors (Lipinski definition) is 0. The maximum absolute atomic E-state index is 12.8. The molecule has 28 heavy (non-hydrogen) atoms. The van der Waals surface area contributed by atoms with Crippen molar-refractivity contribution in [3.05, 3.63) is 63.5 Å². The Hall–Kier alpha value is -2.24. The van der Waals surface area contributed by atoms with Gasteiger partial charge in [0.2, 0.25) is 0 Å². The monoisotopic (exact) mass is 396 g/mol. The highest BCUT2D eigenvalue weighted by Gasteiger charge is 2.15. The number of carbonyl (C=O) groups excluding carboxylic acids is 1. The largest absolute Gasteiger partial charge is 0.383 e. The molecule has 0 N–H and O–H groups in total. The summed E-state index contributed by atoms with van der Waals surface area (Å²) >= 11 is 1.55. The fourth-order valence-electron chi connectivity index (χ4n) is 3.07. The van der Waals surface area contributed by atoms with E-state index >= 15 is 0 Å². The first-order chi connectivity index (χ1) is 13.2. The number of amides is 1. The summed E-state index contributed by atoms with van der Waals surface area (Å²) in [6, 6.07) is 12.1. The molecule has 0 aliphatic rings. The molecular weight excluding hydrogens is 368 g/mol. The van der Waals surface area contributed by atoms with Crippen LogP contribution in [0, 0.1) is 13.8 Å². The van der Waals surface area contributed by atoms with Crippen LogP contribution in [0.4, 0.5) is 0 Å². The van der Waals surface area contributed by atoms with E-state index in [2.05, 4.69) is 56.3 Å². The van der Waals surface area contributed by atoms with E-state index in [0.717, 1.165) is 10.2 Å². The topological polar surface area (TPSA) is 43.6 Å². The Morgan fingerprint density at radius 3 is 2.36 bits per heavy atom. The Morgan fingerprint density at radius 2 is 1.75 bits per heavy atom. The molecule has 1 aromatic heterocycles. The van der Waals surface area contributed by atoms with Crippen molar-refractivity contribution in [2.24, 2.45) is 4.99 Å². The van der Waals surface area contributed by atoms with Crippen molar-refractivity contribution in [3.8, 4) is 0 Å². The third-order valence-electron chi connectivity index (χ3n) is 5.01. The van der Waals surface area contributed by atoms with E-state index in [1.807, 2.05) is 24.3 Å². The van der Waals surface area contributed by atoms with Crippen LogP contribution in [-0.4, -0.2) is 24.2 Å². The minimum atomic E-state index is -0.216. The van der Waals surface area contributed by atoms with Crippen molar-refractivity contribution < 1.29 is 9.53 Å². The van der Waals surface area contributed by atoms with Crippen LogP contribution in [-0.2, 0) is 16.7 Å². The normalized spacial score (nSPS) is 12.7. The molecule has 0 saturated carbocycles. The van der Waals surface area contributed by atoms with Gasteiger partial charge in [0.05, 0.1) is 16.8 Å². The quantitative estimate of drug-likeness (QED) is 0.622. The summed E-state index contributed by atoms with van der Waals surface area (Å²) < 4.78 is 8.48. The van der Waals surface area contributed by atoms with Crippen molar-refractivity contribution in [1.82, 2.24) is 4.57 Å². The van der Waals surface area contributed by atoms with E-state index in [1.165, 1.54) is 16.7 Å². The number of aryl methyl sites for hydroxylation is 2. The summed E-state index contributed by atoms with van der Waals surface area (Å²) in [7, 11) is 1.68. The van der Waals surface area contributed by atoms with Gasteiger partial charge in [-0.25, -0.2) is 0 Å². The standard InChI is InChI=1S/C23H28N2O2S/c1-15-13-19-20(14-16(15)2)28-22(25(19)11-12-27-6)24-21(26)17-7-9-18(10-8-17)23(3,4)5/h7-10,13-14H,11-12H2,1-6H3. The van der Waals surface area contributed by atoms with Crippen LogP contribution >= 0.6 is 11.3 Å². The molecular formula is C23H28N2O2S. The van der Waals surface area contributed by atoms with Crippen LogP contribution in [0.25, 0.3) is 10.2 Å². The van der Waals surface area contributed by atoms with Crippen molar-refractivity contribution in [1.29, 1.82) is 0 Å². The van der Waals surface area contributed by atoms with Gasteiger partial charge in [-0.05, 0) is 60.2 Å². The Labute approximate surface area is 170 Å². The lowest BCUT2D eigenvalue weighted by molar-refractivity contribution is 0.0997. The smallest absolute Gasteiger partial charge is 0.279 e. The Bertz CT molecular complexity index is 1070. The van der Waals surface area contributed by atoms with Gasteiger partial charge >= 0.3 is 0 Å². The maximum Gasteiger partial charge on any atom is 0.279 e. The van der Waals surface area contributed by atoms with Gasteiger partial charge < -0.3 is 9.30 Å². The van der Waals surface area contributed by atoms with Crippen LogP contribution < -0.4 is 4.80 Å². The van der Waals surface area contributed by atoms with Crippen molar-refractivity contribution in [2.75, 3.05) is 13.7 Å². The van der Waals surface area contributed by atoms with E-state index in [1.54, 1.807) is 18.4 Å². The third-order valence-corrected chi connectivity index (χ3v) is 6.05. The number of carbonyl (C=O) groups is 1. The second kappa shape index (κ2) is 8.02. The molecule has 0 aliphatic carbocycles. The minimum absolute atomic E-state index is 0.0586. The third kappa shape index (κ3) is 4.26. The van der Waals surface area contributed by atoms with E-state index in [4.69, 9.17) is 4.74 Å². The second-order valence-electron chi connectivity index (χ2n) is 8.18. The van der Waals surface area contributed by atoms with Gasteiger partial charge in [0.1, 0.15) is 0 Å². The molecule has 2 aromatic carbocycles. The van der Waals surface area contributed by atoms with Gasteiger partial charge in [0.15, 0.2) is 4.80 Å². The lowest BCUT2D eigenvalue weighted by Gasteiger charge is -2.18. The average molecular weight is 397 g/mol. The predicted octanol–water partition coefficient (Wildman–Crippen LogP) is 5.00. The van der Waals surface area contributed by atoms with Gasteiger partial charge in [0.25, 0.3) is 5.91 Å². The zero-order chi connectivity index (χ0) is 20.5. The molecule has 1 amide bonds. The molecule has 3 aromatic rings. The molecule has 3 rings (SSSR count). The summed E-state index contributed by atoms with van der Waals surface area (Å²) in [5.41, 5.74) is 5.43. The van der Waals surface area contributed by atoms with Crippen LogP contribution in [0.3, 0.4) is 0 Å². The highest BCUT2D eigenvalue weighted by Crippen LogP contribution is 2.23. The summed E-state index contributed by atoms with van der Waals surface area (Å²) in [5.74, 6) is -0.216.